The van der Waals surface area contributed by atoms with Crippen LogP contribution >= 0.6 is 0 Å². The summed E-state index contributed by atoms with van der Waals surface area (Å²) in [6.45, 7) is 4.61. The van der Waals surface area contributed by atoms with Crippen LogP contribution in [0.15, 0.2) is 60.7 Å². The lowest BCUT2D eigenvalue weighted by Gasteiger charge is -2.31. The van der Waals surface area contributed by atoms with Gasteiger partial charge in [-0.15, -0.1) is 0 Å². The van der Waals surface area contributed by atoms with E-state index in [2.05, 4.69) is 32.0 Å². The molecular weight excluding hydrogens is 300 g/mol. The molecule has 3 atom stereocenters. The van der Waals surface area contributed by atoms with Crippen molar-refractivity contribution >= 4 is 0 Å². The molecule has 0 spiro atoms. The van der Waals surface area contributed by atoms with Gasteiger partial charge in [-0.2, -0.15) is 0 Å². The van der Waals surface area contributed by atoms with E-state index in [1.807, 2.05) is 42.5 Å². The van der Waals surface area contributed by atoms with Crippen molar-refractivity contribution in [2.75, 3.05) is 6.61 Å². The quantitative estimate of drug-likeness (QED) is 0.848. The number of ether oxygens (including phenoxy) is 2. The Labute approximate surface area is 143 Å². The Hall–Kier alpha value is -1.94. The van der Waals surface area contributed by atoms with Crippen LogP contribution in [0.5, 0.6) is 0 Å². The number of hydrogen-bond donors (Lipinski definition) is 1. The molecule has 1 heterocycles. The number of benzene rings is 2. The first-order valence-electron chi connectivity index (χ1n) is 8.34. The van der Waals surface area contributed by atoms with Crippen LogP contribution < -0.4 is 0 Å². The Balaban J connectivity index is 1.67. The zero-order chi connectivity index (χ0) is 16.9. The molecular formula is C21H24O3. The standard InChI is InChI=1S/C21H24O3/c1-15-10-16(2)12-17(11-15)14-23-20-9-8-19(24-21(20)13-22)18-6-4-3-5-7-18/h3-12,19-22H,13-14H2,1-2H3/t19-,20-,21+/m0/s1. The molecule has 0 bridgehead atoms. The van der Waals surface area contributed by atoms with E-state index in [-0.39, 0.29) is 24.9 Å². The van der Waals surface area contributed by atoms with Gasteiger partial charge in [-0.3, -0.25) is 0 Å². The highest BCUT2D eigenvalue weighted by Gasteiger charge is 2.28. The fraction of sp³-hybridized carbons (Fsp3) is 0.333. The smallest absolute Gasteiger partial charge is 0.111 e. The lowest BCUT2D eigenvalue weighted by molar-refractivity contribution is -0.107. The number of rotatable bonds is 5. The Morgan fingerprint density at radius 2 is 1.71 bits per heavy atom. The van der Waals surface area contributed by atoms with Gasteiger partial charge in [0.2, 0.25) is 0 Å². The third-order valence-corrected chi connectivity index (χ3v) is 4.20. The Bertz CT molecular complexity index is 673. The Morgan fingerprint density at radius 3 is 2.38 bits per heavy atom. The second kappa shape index (κ2) is 7.75. The number of aliphatic hydroxyl groups excluding tert-OH is 1. The molecule has 3 rings (SSSR count). The summed E-state index contributed by atoms with van der Waals surface area (Å²) in [6.07, 6.45) is 3.28. The Morgan fingerprint density at radius 1 is 1.00 bits per heavy atom. The van der Waals surface area contributed by atoms with Crippen LogP contribution in [0.1, 0.15) is 28.4 Å². The van der Waals surface area contributed by atoms with Crippen LogP contribution in [0.3, 0.4) is 0 Å². The second-order valence-electron chi connectivity index (χ2n) is 6.34. The molecule has 126 valence electrons. The first-order valence-corrected chi connectivity index (χ1v) is 8.34. The van der Waals surface area contributed by atoms with Crippen molar-refractivity contribution < 1.29 is 14.6 Å². The molecule has 3 heteroatoms. The molecule has 0 fully saturated rings. The van der Waals surface area contributed by atoms with Crippen LogP contribution in [0.4, 0.5) is 0 Å². The van der Waals surface area contributed by atoms with Crippen molar-refractivity contribution in [2.24, 2.45) is 0 Å². The van der Waals surface area contributed by atoms with Crippen molar-refractivity contribution in [1.82, 2.24) is 0 Å². The molecule has 0 saturated carbocycles. The summed E-state index contributed by atoms with van der Waals surface area (Å²) in [4.78, 5) is 0. The highest BCUT2D eigenvalue weighted by Crippen LogP contribution is 2.27. The average Bonchev–Trinajstić information content (AvgIpc) is 2.60. The fourth-order valence-electron chi connectivity index (χ4n) is 3.13. The topological polar surface area (TPSA) is 38.7 Å². The zero-order valence-corrected chi connectivity index (χ0v) is 14.2. The first-order chi connectivity index (χ1) is 11.7. The van der Waals surface area contributed by atoms with E-state index in [1.54, 1.807) is 0 Å². The molecule has 1 N–H and O–H groups in total. The maximum Gasteiger partial charge on any atom is 0.111 e. The summed E-state index contributed by atoms with van der Waals surface area (Å²) < 4.78 is 12.0. The predicted octanol–water partition coefficient (Wildman–Crippen LogP) is 3.88. The van der Waals surface area contributed by atoms with E-state index in [9.17, 15) is 5.11 Å². The van der Waals surface area contributed by atoms with Crippen LogP contribution in [0.2, 0.25) is 0 Å². The fourth-order valence-corrected chi connectivity index (χ4v) is 3.13. The number of aliphatic hydroxyl groups is 1. The van der Waals surface area contributed by atoms with Crippen LogP contribution in [-0.2, 0) is 16.1 Å². The molecule has 0 aromatic heterocycles. The van der Waals surface area contributed by atoms with E-state index in [1.165, 1.54) is 11.1 Å². The van der Waals surface area contributed by atoms with Crippen LogP contribution in [0, 0.1) is 13.8 Å². The maximum atomic E-state index is 9.67. The molecule has 0 aliphatic carbocycles. The van der Waals surface area contributed by atoms with Gasteiger partial charge in [-0.25, -0.2) is 0 Å². The van der Waals surface area contributed by atoms with Gasteiger partial charge in [0, 0.05) is 0 Å². The van der Waals surface area contributed by atoms with Gasteiger partial charge < -0.3 is 14.6 Å². The maximum absolute atomic E-state index is 9.67. The monoisotopic (exact) mass is 324 g/mol. The molecule has 3 nitrogen and oxygen atoms in total. The van der Waals surface area contributed by atoms with E-state index >= 15 is 0 Å². The molecule has 2 aromatic carbocycles. The third kappa shape index (κ3) is 4.12. The minimum absolute atomic E-state index is 0.0643. The third-order valence-electron chi connectivity index (χ3n) is 4.20. The van der Waals surface area contributed by atoms with Crippen molar-refractivity contribution in [3.8, 4) is 0 Å². The highest BCUT2D eigenvalue weighted by molar-refractivity contribution is 5.28. The van der Waals surface area contributed by atoms with Crippen molar-refractivity contribution in [2.45, 2.75) is 38.8 Å². The molecule has 1 aliphatic heterocycles. The molecule has 24 heavy (non-hydrogen) atoms. The summed E-state index contributed by atoms with van der Waals surface area (Å²) in [5.41, 5.74) is 4.68. The minimum atomic E-state index is -0.355. The largest absolute Gasteiger partial charge is 0.394 e. The van der Waals surface area contributed by atoms with Crippen LogP contribution in [-0.4, -0.2) is 23.9 Å². The normalized spacial score (nSPS) is 23.4. The number of hydrogen-bond acceptors (Lipinski definition) is 3. The summed E-state index contributed by atoms with van der Waals surface area (Å²) >= 11 is 0. The van der Waals surface area contributed by atoms with E-state index in [4.69, 9.17) is 9.47 Å². The minimum Gasteiger partial charge on any atom is -0.394 e. The molecule has 1 aliphatic rings. The number of aryl methyl sites for hydroxylation is 2. The molecule has 0 unspecified atom stereocenters. The van der Waals surface area contributed by atoms with E-state index in [0.717, 1.165) is 11.1 Å². The molecule has 0 radical (unpaired) electrons. The summed E-state index contributed by atoms with van der Waals surface area (Å²) in [6, 6.07) is 16.4. The van der Waals surface area contributed by atoms with Gasteiger partial charge in [0.05, 0.1) is 13.2 Å². The molecule has 2 aromatic rings. The van der Waals surface area contributed by atoms with Gasteiger partial charge in [0.1, 0.15) is 18.3 Å². The van der Waals surface area contributed by atoms with E-state index in [0.29, 0.717) is 6.61 Å². The summed E-state index contributed by atoms with van der Waals surface area (Å²) in [5.74, 6) is 0. The van der Waals surface area contributed by atoms with Gasteiger partial charge >= 0.3 is 0 Å². The first kappa shape index (κ1) is 16.9. The Kier molecular flexibility index (Phi) is 5.46. The zero-order valence-electron chi connectivity index (χ0n) is 14.2. The predicted molar refractivity (Wildman–Crippen MR) is 94.8 cm³/mol. The lowest BCUT2D eigenvalue weighted by Crippen LogP contribution is -2.37. The molecule has 0 saturated heterocycles. The van der Waals surface area contributed by atoms with Gasteiger partial charge in [-0.05, 0) is 25.0 Å². The van der Waals surface area contributed by atoms with Crippen molar-refractivity contribution in [1.29, 1.82) is 0 Å². The second-order valence-corrected chi connectivity index (χ2v) is 6.34. The molecule has 0 amide bonds. The van der Waals surface area contributed by atoms with Crippen LogP contribution in [0.25, 0.3) is 0 Å². The van der Waals surface area contributed by atoms with E-state index < -0.39 is 0 Å². The van der Waals surface area contributed by atoms with Gasteiger partial charge in [0.25, 0.3) is 0 Å². The highest BCUT2D eigenvalue weighted by atomic mass is 16.6. The lowest BCUT2D eigenvalue weighted by atomic mass is 10.0. The average molecular weight is 324 g/mol. The summed E-state index contributed by atoms with van der Waals surface area (Å²) in [5, 5.41) is 9.67. The van der Waals surface area contributed by atoms with Gasteiger partial charge in [0.15, 0.2) is 0 Å². The van der Waals surface area contributed by atoms with Gasteiger partial charge in [-0.1, -0.05) is 71.8 Å². The summed E-state index contributed by atoms with van der Waals surface area (Å²) in [7, 11) is 0. The SMILES string of the molecule is Cc1cc(C)cc(CO[C@H]2C=C[C@@H](c3ccccc3)O[C@@H]2CO)c1. The van der Waals surface area contributed by atoms with Crippen molar-refractivity contribution in [3.05, 3.63) is 82.9 Å². The van der Waals surface area contributed by atoms with Crippen molar-refractivity contribution in [3.63, 3.8) is 0 Å².